The molecule has 4 nitrogen and oxygen atoms in total. The first-order valence-electron chi connectivity index (χ1n) is 6.46. The molecule has 0 aliphatic carbocycles. The fraction of sp³-hybridized carbons (Fsp3) is 0.188. The number of anilines is 1. The Morgan fingerprint density at radius 3 is 2.32 bits per heavy atom. The van der Waals surface area contributed by atoms with Gasteiger partial charge in [0.2, 0.25) is 0 Å². The van der Waals surface area contributed by atoms with Crippen LogP contribution in [0.3, 0.4) is 0 Å². The molecule has 2 N–H and O–H groups in total. The number of nitrogens with two attached hydrogens (primary N) is 1. The van der Waals surface area contributed by atoms with Crippen molar-refractivity contribution in [1.82, 2.24) is 4.98 Å². The van der Waals surface area contributed by atoms with Gasteiger partial charge in [0, 0.05) is 10.6 Å². The zero-order valence-electron chi connectivity index (χ0n) is 12.3. The van der Waals surface area contributed by atoms with Gasteiger partial charge in [-0.15, -0.1) is 23.5 Å². The molecule has 1 aromatic heterocycles. The highest BCUT2D eigenvalue weighted by atomic mass is 32.2. The molecule has 0 fully saturated rings. The topological polar surface area (TPSA) is 86.5 Å². The van der Waals surface area contributed by atoms with Gasteiger partial charge in [-0.1, -0.05) is 29.8 Å². The first kappa shape index (κ1) is 16.2. The lowest BCUT2D eigenvalue weighted by Gasteiger charge is -2.10. The minimum absolute atomic E-state index is 0.178. The summed E-state index contributed by atoms with van der Waals surface area (Å²) in [6.07, 6.45) is 1.82. The maximum atomic E-state index is 9.41. The van der Waals surface area contributed by atoms with Gasteiger partial charge < -0.3 is 5.73 Å². The van der Waals surface area contributed by atoms with Crippen molar-refractivity contribution < 1.29 is 0 Å². The van der Waals surface area contributed by atoms with Gasteiger partial charge in [0.15, 0.2) is 0 Å². The van der Waals surface area contributed by atoms with Gasteiger partial charge in [-0.05, 0) is 18.7 Å². The van der Waals surface area contributed by atoms with Crippen LogP contribution in [-0.2, 0) is 5.75 Å². The van der Waals surface area contributed by atoms with E-state index in [1.54, 1.807) is 0 Å². The molecule has 110 valence electrons. The second-order valence-corrected chi connectivity index (χ2v) is 6.36. The smallest absolute Gasteiger partial charge is 0.143 e. The summed E-state index contributed by atoms with van der Waals surface area (Å²) in [6.45, 7) is 2.04. The van der Waals surface area contributed by atoms with Crippen LogP contribution >= 0.6 is 23.5 Å². The Bertz CT molecular complexity index is 771. The van der Waals surface area contributed by atoms with E-state index in [-0.39, 0.29) is 11.4 Å². The number of nitriles is 2. The van der Waals surface area contributed by atoms with E-state index >= 15 is 0 Å². The van der Waals surface area contributed by atoms with Crippen LogP contribution in [0, 0.1) is 29.6 Å². The van der Waals surface area contributed by atoms with Crippen molar-refractivity contribution in [2.24, 2.45) is 0 Å². The lowest BCUT2D eigenvalue weighted by Crippen LogP contribution is -2.02. The number of aryl methyl sites for hydroxylation is 1. The van der Waals surface area contributed by atoms with Crippen molar-refractivity contribution in [2.45, 2.75) is 22.6 Å². The molecule has 0 aliphatic heterocycles. The van der Waals surface area contributed by atoms with E-state index in [1.807, 2.05) is 19.2 Å². The quantitative estimate of drug-likeness (QED) is 0.861. The SMILES string of the molecule is CSc1c(C#N)c(N)nc(SCc2ccc(C)cc2)c1C#N. The summed E-state index contributed by atoms with van der Waals surface area (Å²) in [5.41, 5.74) is 8.91. The van der Waals surface area contributed by atoms with Crippen LogP contribution in [0.4, 0.5) is 5.82 Å². The standard InChI is InChI=1S/C16H14N4S2/c1-10-3-5-11(6-4-10)9-22-16-13(8-18)14(21-2)12(7-17)15(19)20-16/h3-6H,9H2,1-2H3,(H2,19,20). The largest absolute Gasteiger partial charge is 0.383 e. The average molecular weight is 326 g/mol. The highest BCUT2D eigenvalue weighted by Gasteiger charge is 2.18. The Hall–Kier alpha value is -2.15. The lowest BCUT2D eigenvalue weighted by molar-refractivity contribution is 1.06. The summed E-state index contributed by atoms with van der Waals surface area (Å²) in [7, 11) is 0. The summed E-state index contributed by atoms with van der Waals surface area (Å²) in [5, 5.41) is 19.2. The predicted octanol–water partition coefficient (Wildman–Crippen LogP) is 3.73. The molecule has 6 heteroatoms. The van der Waals surface area contributed by atoms with Gasteiger partial charge in [0.05, 0.1) is 5.56 Å². The molecule has 0 saturated carbocycles. The number of benzene rings is 1. The van der Waals surface area contributed by atoms with Crippen molar-refractivity contribution >= 4 is 29.3 Å². The Labute approximate surface area is 138 Å². The molecular formula is C16H14N4S2. The van der Waals surface area contributed by atoms with Gasteiger partial charge in [0.25, 0.3) is 0 Å². The van der Waals surface area contributed by atoms with Crippen LogP contribution in [0.5, 0.6) is 0 Å². The second-order valence-electron chi connectivity index (χ2n) is 4.58. The molecule has 1 aromatic carbocycles. The van der Waals surface area contributed by atoms with Crippen molar-refractivity contribution in [3.8, 4) is 12.1 Å². The monoisotopic (exact) mass is 326 g/mol. The molecule has 0 aliphatic rings. The maximum Gasteiger partial charge on any atom is 0.143 e. The fourth-order valence-corrected chi connectivity index (χ4v) is 3.63. The molecule has 0 atom stereocenters. The number of hydrogen-bond donors (Lipinski definition) is 1. The van der Waals surface area contributed by atoms with E-state index in [9.17, 15) is 10.5 Å². The first-order chi connectivity index (χ1) is 10.6. The molecule has 2 aromatic rings. The zero-order chi connectivity index (χ0) is 16.1. The lowest BCUT2D eigenvalue weighted by atomic mass is 10.2. The van der Waals surface area contributed by atoms with E-state index in [1.165, 1.54) is 29.1 Å². The van der Waals surface area contributed by atoms with Crippen molar-refractivity contribution in [3.05, 3.63) is 46.5 Å². The van der Waals surface area contributed by atoms with Crippen LogP contribution in [0.25, 0.3) is 0 Å². The predicted molar refractivity (Wildman–Crippen MR) is 90.6 cm³/mol. The van der Waals surface area contributed by atoms with Crippen LogP contribution < -0.4 is 5.73 Å². The van der Waals surface area contributed by atoms with E-state index < -0.39 is 0 Å². The highest BCUT2D eigenvalue weighted by Crippen LogP contribution is 2.34. The zero-order valence-corrected chi connectivity index (χ0v) is 13.9. The van der Waals surface area contributed by atoms with E-state index in [2.05, 4.69) is 35.3 Å². The number of thioether (sulfide) groups is 2. The summed E-state index contributed by atoms with van der Waals surface area (Å²) in [6, 6.07) is 12.4. The number of hydrogen-bond acceptors (Lipinski definition) is 6. The van der Waals surface area contributed by atoms with Gasteiger partial charge in [-0.3, -0.25) is 0 Å². The van der Waals surface area contributed by atoms with E-state index in [4.69, 9.17) is 5.73 Å². The Morgan fingerprint density at radius 1 is 1.14 bits per heavy atom. The molecule has 0 amide bonds. The van der Waals surface area contributed by atoms with E-state index in [0.29, 0.717) is 21.2 Å². The number of aromatic nitrogens is 1. The number of rotatable bonds is 4. The van der Waals surface area contributed by atoms with Gasteiger partial charge in [0.1, 0.15) is 28.5 Å². The normalized spacial score (nSPS) is 10.0. The van der Waals surface area contributed by atoms with Crippen molar-refractivity contribution in [3.63, 3.8) is 0 Å². The fourth-order valence-electron chi connectivity index (χ4n) is 1.91. The Kier molecular flexibility index (Phi) is 5.32. The summed E-state index contributed by atoms with van der Waals surface area (Å²) in [4.78, 5) is 4.84. The summed E-state index contributed by atoms with van der Waals surface area (Å²) >= 11 is 2.80. The number of nitrogens with zero attached hydrogens (tertiary/aromatic N) is 3. The third kappa shape index (κ3) is 3.36. The minimum atomic E-state index is 0.178. The Balaban J connectivity index is 2.35. The molecule has 22 heavy (non-hydrogen) atoms. The molecule has 0 spiro atoms. The first-order valence-corrected chi connectivity index (χ1v) is 8.67. The number of nitrogen functional groups attached to an aromatic ring is 1. The average Bonchev–Trinajstić information content (AvgIpc) is 2.53. The minimum Gasteiger partial charge on any atom is -0.383 e. The van der Waals surface area contributed by atoms with Gasteiger partial charge >= 0.3 is 0 Å². The third-order valence-corrected chi connectivity index (χ3v) is 4.93. The Morgan fingerprint density at radius 2 is 1.77 bits per heavy atom. The molecule has 0 bridgehead atoms. The van der Waals surface area contributed by atoms with Crippen LogP contribution in [-0.4, -0.2) is 11.2 Å². The summed E-state index contributed by atoms with van der Waals surface area (Å²) < 4.78 is 0. The molecule has 0 radical (unpaired) electrons. The van der Waals surface area contributed by atoms with Crippen molar-refractivity contribution in [2.75, 3.05) is 12.0 Å². The molecular weight excluding hydrogens is 312 g/mol. The van der Waals surface area contributed by atoms with Gasteiger partial charge in [-0.25, -0.2) is 4.98 Å². The second kappa shape index (κ2) is 7.22. The molecule has 1 heterocycles. The third-order valence-electron chi connectivity index (χ3n) is 3.07. The van der Waals surface area contributed by atoms with E-state index in [0.717, 1.165) is 5.56 Å². The molecule has 0 saturated heterocycles. The van der Waals surface area contributed by atoms with Crippen LogP contribution in [0.2, 0.25) is 0 Å². The maximum absolute atomic E-state index is 9.41. The number of pyridine rings is 1. The van der Waals surface area contributed by atoms with Gasteiger partial charge in [-0.2, -0.15) is 10.5 Å². The van der Waals surface area contributed by atoms with Crippen LogP contribution in [0.15, 0.2) is 34.2 Å². The molecule has 0 unspecified atom stereocenters. The highest BCUT2D eigenvalue weighted by molar-refractivity contribution is 7.99. The summed E-state index contributed by atoms with van der Waals surface area (Å²) in [5.74, 6) is 0.874. The van der Waals surface area contributed by atoms with Crippen molar-refractivity contribution in [1.29, 1.82) is 10.5 Å². The van der Waals surface area contributed by atoms with Crippen LogP contribution in [0.1, 0.15) is 22.3 Å². The molecule has 2 rings (SSSR count).